The van der Waals surface area contributed by atoms with Crippen LogP contribution in [0.15, 0.2) is 0 Å². The maximum atomic E-state index is 8.43. The van der Waals surface area contributed by atoms with Crippen LogP contribution < -0.4 is 0 Å². The predicted octanol–water partition coefficient (Wildman–Crippen LogP) is -0.456. The normalized spacial score (nSPS) is 8.73. The van der Waals surface area contributed by atoms with Crippen LogP contribution >= 0.6 is 0 Å². The Labute approximate surface area is 123 Å². The highest BCUT2D eigenvalue weighted by Crippen LogP contribution is 2.09. The lowest BCUT2D eigenvalue weighted by Crippen LogP contribution is -2.26. The quantitative estimate of drug-likeness (QED) is 0.161. The van der Waals surface area contributed by atoms with Crippen molar-refractivity contribution in [1.29, 1.82) is 0 Å². The summed E-state index contributed by atoms with van der Waals surface area (Å²) in [5.41, 5.74) is 0. The van der Waals surface area contributed by atoms with Gasteiger partial charge in [-0.1, -0.05) is 26.2 Å². The number of aliphatic hydroxyl groups is 3. The Morgan fingerprint density at radius 3 is 1.23 bits per heavy atom. The molecule has 0 aliphatic heterocycles. The van der Waals surface area contributed by atoms with Crippen LogP contribution in [0.2, 0.25) is 0 Å². The maximum absolute atomic E-state index is 8.43. The lowest BCUT2D eigenvalue weighted by molar-refractivity contribution is -0.742. The van der Waals surface area contributed by atoms with Crippen LogP contribution in [-0.2, 0) is 0 Å². The second-order valence-corrected chi connectivity index (χ2v) is 3.30. The van der Waals surface area contributed by atoms with E-state index in [0.29, 0.717) is 6.42 Å². The van der Waals surface area contributed by atoms with Crippen LogP contribution in [0.5, 0.6) is 0 Å². The highest BCUT2D eigenvalue weighted by Gasteiger charge is 2.15. The summed E-state index contributed by atoms with van der Waals surface area (Å²) in [4.78, 5) is 25.1. The van der Waals surface area contributed by atoms with E-state index < -0.39 is 21.2 Å². The van der Waals surface area contributed by atoms with Crippen molar-refractivity contribution in [2.45, 2.75) is 45.0 Å². The minimum atomic E-state index is -2.45. The number of nitrogens with zero attached hydrogens (tertiary/aromatic N) is 3. The van der Waals surface area contributed by atoms with Gasteiger partial charge in [0.1, 0.15) is 0 Å². The van der Waals surface area contributed by atoms with Gasteiger partial charge in [0.15, 0.2) is 0 Å². The molecule has 0 amide bonds. The SMILES string of the molecule is CCCCCCC(O)(O)O.O=[N+]([O-])O.O=[N+]([O-])O.O=[N+]([O-])O. The Morgan fingerprint density at radius 2 is 1.05 bits per heavy atom. The van der Waals surface area contributed by atoms with Crippen molar-refractivity contribution < 1.29 is 46.2 Å². The molecule has 0 rings (SSSR count). The minimum Gasteiger partial charge on any atom is -0.344 e. The summed E-state index contributed by atoms with van der Waals surface area (Å²) in [6, 6.07) is 0. The molecule has 0 atom stereocenters. The summed E-state index contributed by atoms with van der Waals surface area (Å²) in [6.45, 7) is 2.07. The van der Waals surface area contributed by atoms with E-state index in [1.165, 1.54) is 0 Å². The Kier molecular flexibility index (Phi) is 23.3. The van der Waals surface area contributed by atoms with Gasteiger partial charge in [0.2, 0.25) is 0 Å². The van der Waals surface area contributed by atoms with E-state index in [1.807, 2.05) is 0 Å². The van der Waals surface area contributed by atoms with E-state index in [-0.39, 0.29) is 6.42 Å². The smallest absolute Gasteiger partial charge is 0.291 e. The lowest BCUT2D eigenvalue weighted by Gasteiger charge is -2.12. The first-order valence-corrected chi connectivity index (χ1v) is 5.43. The summed E-state index contributed by atoms with van der Waals surface area (Å²) in [6.07, 6.45) is 3.84. The molecule has 0 radical (unpaired) electrons. The Morgan fingerprint density at radius 1 is 0.773 bits per heavy atom. The fraction of sp³-hybridized carbons (Fsp3) is 1.00. The average molecular weight is 337 g/mol. The zero-order valence-electron chi connectivity index (χ0n) is 11.5. The highest BCUT2D eigenvalue weighted by atomic mass is 16.9. The van der Waals surface area contributed by atoms with Gasteiger partial charge in [0.25, 0.3) is 21.2 Å². The molecule has 0 aromatic carbocycles. The van der Waals surface area contributed by atoms with Crippen LogP contribution in [0.4, 0.5) is 0 Å². The predicted molar refractivity (Wildman–Crippen MR) is 64.5 cm³/mol. The fourth-order valence-corrected chi connectivity index (χ4v) is 0.789. The number of hydrogen-bond acceptors (Lipinski definition) is 9. The van der Waals surface area contributed by atoms with Crippen molar-refractivity contribution >= 4 is 0 Å². The number of rotatable bonds is 5. The first kappa shape index (κ1) is 27.8. The summed E-state index contributed by atoms with van der Waals surface area (Å²) in [7, 11) is 0. The topological polar surface area (TPSA) is 251 Å². The summed E-state index contributed by atoms with van der Waals surface area (Å²) in [5, 5.41) is 66.2. The van der Waals surface area contributed by atoms with Crippen molar-refractivity contribution in [2.75, 3.05) is 0 Å². The molecule has 22 heavy (non-hydrogen) atoms. The first-order valence-electron chi connectivity index (χ1n) is 5.43. The van der Waals surface area contributed by atoms with Gasteiger partial charge < -0.3 is 30.9 Å². The van der Waals surface area contributed by atoms with Gasteiger partial charge in [0.05, 0.1) is 0 Å². The third kappa shape index (κ3) is 237. The molecule has 0 heterocycles. The molecule has 0 bridgehead atoms. The van der Waals surface area contributed by atoms with Gasteiger partial charge in [-0.2, -0.15) is 0 Å². The Hall–Kier alpha value is -2.52. The third-order valence-corrected chi connectivity index (χ3v) is 1.37. The highest BCUT2D eigenvalue weighted by molar-refractivity contribution is 4.48. The molecule has 0 aliphatic rings. The molecule has 15 heteroatoms. The molecule has 0 saturated carbocycles. The third-order valence-electron chi connectivity index (χ3n) is 1.37. The summed E-state index contributed by atoms with van der Waals surface area (Å²) < 4.78 is 0. The molecule has 0 saturated heterocycles. The molecule has 0 aromatic heterocycles. The van der Waals surface area contributed by atoms with Crippen molar-refractivity contribution in [1.82, 2.24) is 0 Å². The molecular weight excluding hydrogens is 318 g/mol. The molecule has 15 nitrogen and oxygen atoms in total. The maximum Gasteiger partial charge on any atom is 0.291 e. The number of unbranched alkanes of at least 4 members (excludes halogenated alkanes) is 3. The van der Waals surface area contributed by atoms with Gasteiger partial charge in [0, 0.05) is 6.42 Å². The van der Waals surface area contributed by atoms with Gasteiger partial charge >= 0.3 is 0 Å². The van der Waals surface area contributed by atoms with Crippen molar-refractivity contribution in [3.8, 4) is 0 Å². The van der Waals surface area contributed by atoms with E-state index in [0.717, 1.165) is 19.3 Å². The zero-order chi connectivity index (χ0) is 18.8. The molecular formula is C7H19N3O12. The van der Waals surface area contributed by atoms with E-state index >= 15 is 0 Å². The standard InChI is InChI=1S/C7H16O3.3HNO3/c1-2-3-4-5-6-7(8,9)10;3*2-1(3)4/h8-10H,2-6H2,1H3;3*(H,2,3,4). The van der Waals surface area contributed by atoms with Gasteiger partial charge in [-0.05, 0) is 6.42 Å². The van der Waals surface area contributed by atoms with Crippen LogP contribution in [0.3, 0.4) is 0 Å². The summed E-state index contributed by atoms with van der Waals surface area (Å²) >= 11 is 0. The van der Waals surface area contributed by atoms with Crippen LogP contribution in [0.1, 0.15) is 39.0 Å². The molecule has 0 fully saturated rings. The van der Waals surface area contributed by atoms with Crippen molar-refractivity contribution in [3.05, 3.63) is 30.3 Å². The fourth-order valence-electron chi connectivity index (χ4n) is 0.789. The number of hydrogen-bond donors (Lipinski definition) is 6. The second-order valence-electron chi connectivity index (χ2n) is 3.30. The van der Waals surface area contributed by atoms with Crippen molar-refractivity contribution in [3.63, 3.8) is 0 Å². The first-order chi connectivity index (χ1) is 9.76. The van der Waals surface area contributed by atoms with E-state index in [2.05, 4.69) is 6.92 Å². The molecule has 6 N–H and O–H groups in total. The molecule has 0 aromatic rings. The Bertz CT molecular complexity index is 250. The monoisotopic (exact) mass is 337 g/mol. The van der Waals surface area contributed by atoms with Crippen LogP contribution in [-0.4, -0.2) is 52.2 Å². The second kappa shape index (κ2) is 18.5. The van der Waals surface area contributed by atoms with E-state index in [9.17, 15) is 0 Å². The van der Waals surface area contributed by atoms with Gasteiger partial charge in [-0.25, -0.2) is 0 Å². The van der Waals surface area contributed by atoms with E-state index in [4.69, 9.17) is 61.3 Å². The largest absolute Gasteiger partial charge is 0.344 e. The van der Waals surface area contributed by atoms with Gasteiger partial charge in [-0.3, -0.25) is 0 Å². The summed E-state index contributed by atoms with van der Waals surface area (Å²) in [5.74, 6) is -2.45. The lowest BCUT2D eigenvalue weighted by atomic mass is 10.1. The molecule has 0 aliphatic carbocycles. The molecule has 0 spiro atoms. The van der Waals surface area contributed by atoms with Crippen molar-refractivity contribution in [2.24, 2.45) is 0 Å². The van der Waals surface area contributed by atoms with E-state index in [1.54, 1.807) is 0 Å². The molecule has 0 unspecified atom stereocenters. The van der Waals surface area contributed by atoms with Crippen LogP contribution in [0, 0.1) is 30.3 Å². The van der Waals surface area contributed by atoms with Gasteiger partial charge in [-0.15, -0.1) is 30.3 Å². The molecule has 134 valence electrons. The van der Waals surface area contributed by atoms with Crippen LogP contribution in [0.25, 0.3) is 0 Å². The Balaban J connectivity index is -0.000000112. The minimum absolute atomic E-state index is 0.0486. The average Bonchev–Trinajstić information content (AvgIpc) is 2.20. The zero-order valence-corrected chi connectivity index (χ0v) is 11.5.